The molecule has 0 bridgehead atoms. The Morgan fingerprint density at radius 3 is 2.44 bits per heavy atom. The Bertz CT molecular complexity index is 725. The minimum absolute atomic E-state index is 0.118. The van der Waals surface area contributed by atoms with E-state index in [4.69, 9.17) is 4.74 Å². The van der Waals surface area contributed by atoms with E-state index in [9.17, 15) is 17.6 Å². The molecule has 0 spiro atoms. The molecule has 0 saturated heterocycles. The highest BCUT2D eigenvalue weighted by atomic mass is 19.2. The van der Waals surface area contributed by atoms with Crippen LogP contribution in [0.15, 0.2) is 18.2 Å². The molecule has 0 atom stereocenters. The van der Waals surface area contributed by atoms with Crippen molar-refractivity contribution in [2.24, 2.45) is 0 Å². The van der Waals surface area contributed by atoms with Crippen molar-refractivity contribution in [1.29, 1.82) is 0 Å². The topological polar surface area (TPSA) is 39.1 Å². The van der Waals surface area contributed by atoms with Crippen LogP contribution in [0.3, 0.4) is 0 Å². The third-order valence-electron chi connectivity index (χ3n) is 3.53. The van der Waals surface area contributed by atoms with Gasteiger partial charge in [-0.2, -0.15) is 5.10 Å². The number of hydrogen-bond acceptors (Lipinski definition) is 3. The molecule has 1 aromatic carbocycles. The normalized spacial score (nSPS) is 11.8. The fourth-order valence-corrected chi connectivity index (χ4v) is 2.19. The summed E-state index contributed by atoms with van der Waals surface area (Å²) < 4.78 is 60.6. The van der Waals surface area contributed by atoms with Gasteiger partial charge in [0.25, 0.3) is 0 Å². The zero-order valence-electron chi connectivity index (χ0n) is 14.4. The first-order valence-electron chi connectivity index (χ1n) is 7.86. The third kappa shape index (κ3) is 5.45. The van der Waals surface area contributed by atoms with Gasteiger partial charge in [-0.05, 0) is 27.0 Å². The van der Waals surface area contributed by atoms with E-state index in [1.165, 1.54) is 18.5 Å². The number of nitrogens with one attached hydrogen (secondary N) is 1. The van der Waals surface area contributed by atoms with Gasteiger partial charge in [0.15, 0.2) is 11.6 Å². The fourth-order valence-electron chi connectivity index (χ4n) is 2.19. The summed E-state index contributed by atoms with van der Waals surface area (Å²) >= 11 is 0. The van der Waals surface area contributed by atoms with Crippen LogP contribution in [0.25, 0.3) is 0 Å². The van der Waals surface area contributed by atoms with Crippen LogP contribution in [0.5, 0.6) is 5.88 Å². The second kappa shape index (κ2) is 7.86. The van der Waals surface area contributed by atoms with Crippen molar-refractivity contribution >= 4 is 0 Å². The Balaban J connectivity index is 2.15. The Morgan fingerprint density at radius 2 is 1.80 bits per heavy atom. The van der Waals surface area contributed by atoms with Gasteiger partial charge in [-0.25, -0.2) is 22.2 Å². The molecular formula is C17H21F4N3O. The van der Waals surface area contributed by atoms with Gasteiger partial charge in [0.1, 0.15) is 18.1 Å². The van der Waals surface area contributed by atoms with Crippen molar-refractivity contribution in [2.75, 3.05) is 7.05 Å². The van der Waals surface area contributed by atoms with Crippen LogP contribution in [0.4, 0.5) is 17.6 Å². The van der Waals surface area contributed by atoms with Gasteiger partial charge in [0.05, 0.1) is 5.69 Å². The number of benzene rings is 1. The molecule has 8 heteroatoms. The Kier molecular flexibility index (Phi) is 6.05. The molecule has 0 radical (unpaired) electrons. The molecule has 2 aromatic rings. The SMILES string of the molecule is CNCc1cc(OCc2cc(F)c(F)cc2F)n(CCC(C)(C)F)n1. The smallest absolute Gasteiger partial charge is 0.212 e. The monoisotopic (exact) mass is 359 g/mol. The molecule has 4 nitrogen and oxygen atoms in total. The predicted molar refractivity (Wildman–Crippen MR) is 85.4 cm³/mol. The van der Waals surface area contributed by atoms with Crippen LogP contribution in [-0.4, -0.2) is 22.5 Å². The molecule has 0 amide bonds. The molecule has 0 unspecified atom stereocenters. The van der Waals surface area contributed by atoms with Crippen molar-refractivity contribution in [3.63, 3.8) is 0 Å². The molecule has 138 valence electrons. The lowest BCUT2D eigenvalue weighted by Crippen LogP contribution is -2.17. The molecule has 0 aliphatic carbocycles. The first-order valence-corrected chi connectivity index (χ1v) is 7.86. The number of rotatable bonds is 8. The zero-order valence-corrected chi connectivity index (χ0v) is 14.4. The minimum atomic E-state index is -1.38. The minimum Gasteiger partial charge on any atom is -0.473 e. The van der Waals surface area contributed by atoms with E-state index >= 15 is 0 Å². The van der Waals surface area contributed by atoms with E-state index in [0.717, 1.165) is 6.07 Å². The van der Waals surface area contributed by atoms with Gasteiger partial charge >= 0.3 is 0 Å². The first kappa shape index (κ1) is 19.2. The Labute approximate surface area is 143 Å². The van der Waals surface area contributed by atoms with Crippen LogP contribution in [0.1, 0.15) is 31.5 Å². The van der Waals surface area contributed by atoms with Crippen LogP contribution in [-0.2, 0) is 19.7 Å². The summed E-state index contributed by atoms with van der Waals surface area (Å²) in [7, 11) is 1.75. The first-order chi connectivity index (χ1) is 11.7. The van der Waals surface area contributed by atoms with Crippen LogP contribution in [0, 0.1) is 17.5 Å². The van der Waals surface area contributed by atoms with Gasteiger partial charge in [0, 0.05) is 37.2 Å². The van der Waals surface area contributed by atoms with Crippen molar-refractivity contribution in [3.8, 4) is 5.88 Å². The average molecular weight is 359 g/mol. The van der Waals surface area contributed by atoms with Crippen molar-refractivity contribution in [3.05, 3.63) is 46.9 Å². The van der Waals surface area contributed by atoms with Gasteiger partial charge in [-0.3, -0.25) is 0 Å². The zero-order chi connectivity index (χ0) is 18.6. The van der Waals surface area contributed by atoms with E-state index in [2.05, 4.69) is 10.4 Å². The van der Waals surface area contributed by atoms with E-state index in [-0.39, 0.29) is 25.1 Å². The molecular weight excluding hydrogens is 338 g/mol. The van der Waals surface area contributed by atoms with E-state index in [1.54, 1.807) is 13.1 Å². The molecule has 0 aliphatic rings. The molecule has 1 heterocycles. The molecule has 2 rings (SSSR count). The average Bonchev–Trinajstić information content (AvgIpc) is 2.89. The highest BCUT2D eigenvalue weighted by molar-refractivity contribution is 5.21. The molecule has 1 N–H and O–H groups in total. The fraction of sp³-hybridized carbons (Fsp3) is 0.471. The maximum absolute atomic E-state index is 13.7. The maximum Gasteiger partial charge on any atom is 0.212 e. The molecule has 0 aliphatic heterocycles. The summed E-state index contributed by atoms with van der Waals surface area (Å²) in [4.78, 5) is 0. The van der Waals surface area contributed by atoms with E-state index < -0.39 is 23.1 Å². The van der Waals surface area contributed by atoms with Crippen LogP contribution >= 0.6 is 0 Å². The number of ether oxygens (including phenoxy) is 1. The third-order valence-corrected chi connectivity index (χ3v) is 3.53. The number of halogens is 4. The molecule has 25 heavy (non-hydrogen) atoms. The summed E-state index contributed by atoms with van der Waals surface area (Å²) in [6.07, 6.45) is 0.212. The maximum atomic E-state index is 13.7. The second-order valence-corrected chi connectivity index (χ2v) is 6.34. The number of alkyl halides is 1. The number of hydrogen-bond donors (Lipinski definition) is 1. The lowest BCUT2D eigenvalue weighted by molar-refractivity contribution is 0.183. The van der Waals surface area contributed by atoms with Crippen molar-refractivity contribution in [2.45, 2.75) is 45.6 Å². The van der Waals surface area contributed by atoms with Gasteiger partial charge in [0.2, 0.25) is 5.88 Å². The quantitative estimate of drug-likeness (QED) is 0.577. The highest BCUT2D eigenvalue weighted by Gasteiger charge is 2.18. The van der Waals surface area contributed by atoms with Gasteiger partial charge in [-0.1, -0.05) is 0 Å². The largest absolute Gasteiger partial charge is 0.473 e. The van der Waals surface area contributed by atoms with Gasteiger partial charge in [-0.15, -0.1) is 0 Å². The molecule has 0 fully saturated rings. The van der Waals surface area contributed by atoms with Crippen molar-refractivity contribution < 1.29 is 22.3 Å². The standard InChI is InChI=1S/C17H21F4N3O/c1-17(2,21)4-5-24-16(7-12(23-24)9-22-3)25-10-11-6-14(19)15(20)8-13(11)18/h6-8,22H,4-5,9-10H2,1-3H3. The Morgan fingerprint density at radius 1 is 1.12 bits per heavy atom. The number of aromatic nitrogens is 2. The lowest BCUT2D eigenvalue weighted by atomic mass is 10.1. The van der Waals surface area contributed by atoms with Crippen LogP contribution in [0.2, 0.25) is 0 Å². The second-order valence-electron chi connectivity index (χ2n) is 6.34. The Hall–Kier alpha value is -2.09. The number of nitrogens with zero attached hydrogens (tertiary/aromatic N) is 2. The summed E-state index contributed by atoms with van der Waals surface area (Å²) in [5.74, 6) is -3.00. The summed E-state index contributed by atoms with van der Waals surface area (Å²) in [6, 6.07) is 2.87. The number of aryl methyl sites for hydroxylation is 1. The highest BCUT2D eigenvalue weighted by Crippen LogP contribution is 2.21. The van der Waals surface area contributed by atoms with E-state index in [0.29, 0.717) is 24.2 Å². The van der Waals surface area contributed by atoms with Crippen LogP contribution < -0.4 is 10.1 Å². The van der Waals surface area contributed by atoms with Crippen molar-refractivity contribution in [1.82, 2.24) is 15.1 Å². The molecule has 1 aromatic heterocycles. The lowest BCUT2D eigenvalue weighted by Gasteiger charge is -2.15. The summed E-state index contributed by atoms with van der Waals surface area (Å²) in [5.41, 5.74) is -0.828. The van der Waals surface area contributed by atoms with E-state index in [1.807, 2.05) is 0 Å². The predicted octanol–water partition coefficient (Wildman–Crippen LogP) is 3.74. The summed E-state index contributed by atoms with van der Waals surface area (Å²) in [6.45, 7) is 3.36. The summed E-state index contributed by atoms with van der Waals surface area (Å²) in [5, 5.41) is 7.24. The van der Waals surface area contributed by atoms with Gasteiger partial charge < -0.3 is 10.1 Å². The molecule has 0 saturated carbocycles.